The lowest BCUT2D eigenvalue weighted by molar-refractivity contribution is 0.0769. The standard InChI is InChI=1S/C21H22FN5O.2ClH/c1-25-9-14-10-27(11-17(14)19(25)13-4-3-5-15(22)8-13)21(28)16-6-7-23-20-18(16)24-12-26(20)2;;/h3-8,12,14,17,19H,9-11H2,1-2H3;2*1H/t14-,17+,19-;;/m0../s1. The average Bonchev–Trinajstić information content (AvgIpc) is 3.33. The monoisotopic (exact) mass is 451 g/mol. The molecular weight excluding hydrogens is 428 g/mol. The van der Waals surface area contributed by atoms with Gasteiger partial charge < -0.3 is 9.47 Å². The lowest BCUT2D eigenvalue weighted by Crippen LogP contribution is -2.33. The number of likely N-dealkylation sites (tertiary alicyclic amines) is 2. The van der Waals surface area contributed by atoms with Gasteiger partial charge in [0, 0.05) is 44.8 Å². The molecular formula is C21H24Cl2FN5O. The van der Waals surface area contributed by atoms with Crippen molar-refractivity contribution in [3.8, 4) is 0 Å². The summed E-state index contributed by atoms with van der Waals surface area (Å²) in [6, 6.07) is 8.72. The molecule has 2 aliphatic heterocycles. The molecule has 0 spiro atoms. The predicted octanol–water partition coefficient (Wildman–Crippen LogP) is 3.33. The van der Waals surface area contributed by atoms with Gasteiger partial charge in [0.15, 0.2) is 5.65 Å². The number of rotatable bonds is 2. The van der Waals surface area contributed by atoms with E-state index in [1.807, 2.05) is 22.6 Å². The van der Waals surface area contributed by atoms with Crippen LogP contribution in [-0.4, -0.2) is 56.9 Å². The van der Waals surface area contributed by atoms with Gasteiger partial charge in [0.1, 0.15) is 11.3 Å². The quantitative estimate of drug-likeness (QED) is 0.599. The number of aryl methyl sites for hydroxylation is 1. The van der Waals surface area contributed by atoms with Gasteiger partial charge >= 0.3 is 0 Å². The first-order valence-corrected chi connectivity index (χ1v) is 9.54. The van der Waals surface area contributed by atoms with Crippen LogP contribution in [0.5, 0.6) is 0 Å². The molecule has 0 radical (unpaired) electrons. The van der Waals surface area contributed by atoms with Gasteiger partial charge in [-0.15, -0.1) is 24.8 Å². The van der Waals surface area contributed by atoms with E-state index in [0.717, 1.165) is 18.7 Å². The van der Waals surface area contributed by atoms with E-state index in [2.05, 4.69) is 21.9 Å². The smallest absolute Gasteiger partial charge is 0.256 e. The fraction of sp³-hybridized carbons (Fsp3) is 0.381. The van der Waals surface area contributed by atoms with Gasteiger partial charge in [-0.05, 0) is 36.7 Å². The lowest BCUT2D eigenvalue weighted by Gasteiger charge is -2.27. The maximum atomic E-state index is 13.8. The Morgan fingerprint density at radius 1 is 1.10 bits per heavy atom. The largest absolute Gasteiger partial charge is 0.338 e. The van der Waals surface area contributed by atoms with Gasteiger partial charge in [0.2, 0.25) is 0 Å². The summed E-state index contributed by atoms with van der Waals surface area (Å²) >= 11 is 0. The SMILES string of the molecule is CN1C[C@H]2CN(C(=O)c3ccnc4c3ncn4C)C[C@H]2[C@@H]1c1cccc(F)c1.Cl.Cl. The third-order valence-corrected chi connectivity index (χ3v) is 6.20. The van der Waals surface area contributed by atoms with Crippen LogP contribution in [0, 0.1) is 17.7 Å². The fourth-order valence-corrected chi connectivity index (χ4v) is 4.99. The van der Waals surface area contributed by atoms with Crippen LogP contribution in [0.1, 0.15) is 22.0 Å². The summed E-state index contributed by atoms with van der Waals surface area (Å²) in [6.45, 7) is 2.30. The maximum absolute atomic E-state index is 13.8. The summed E-state index contributed by atoms with van der Waals surface area (Å²) in [5, 5.41) is 0. The Labute approximate surface area is 186 Å². The number of nitrogens with zero attached hydrogens (tertiary/aromatic N) is 5. The van der Waals surface area contributed by atoms with E-state index in [-0.39, 0.29) is 42.6 Å². The molecule has 4 heterocycles. The molecule has 0 saturated carbocycles. The van der Waals surface area contributed by atoms with Crippen LogP contribution >= 0.6 is 24.8 Å². The van der Waals surface area contributed by atoms with E-state index in [9.17, 15) is 9.18 Å². The van der Waals surface area contributed by atoms with E-state index < -0.39 is 0 Å². The Kier molecular flexibility index (Phi) is 6.36. The molecule has 3 aromatic rings. The second-order valence-corrected chi connectivity index (χ2v) is 7.96. The Bertz CT molecular complexity index is 1070. The molecule has 2 aromatic heterocycles. The number of carbonyl (C=O) groups excluding carboxylic acids is 1. The highest BCUT2D eigenvalue weighted by Crippen LogP contribution is 2.44. The number of amides is 1. The highest BCUT2D eigenvalue weighted by Gasteiger charge is 2.47. The van der Waals surface area contributed by atoms with E-state index in [1.165, 1.54) is 6.07 Å². The summed E-state index contributed by atoms with van der Waals surface area (Å²) in [6.07, 6.45) is 3.35. The van der Waals surface area contributed by atoms with Crippen molar-refractivity contribution in [2.75, 3.05) is 26.7 Å². The Morgan fingerprint density at radius 2 is 1.90 bits per heavy atom. The molecule has 1 amide bonds. The summed E-state index contributed by atoms with van der Waals surface area (Å²) in [4.78, 5) is 26.2. The van der Waals surface area contributed by atoms with Crippen molar-refractivity contribution in [3.05, 3.63) is 59.8 Å². The molecule has 2 aliphatic rings. The number of hydrogen-bond acceptors (Lipinski definition) is 4. The van der Waals surface area contributed by atoms with Gasteiger partial charge in [-0.2, -0.15) is 0 Å². The van der Waals surface area contributed by atoms with Crippen LogP contribution in [0.15, 0.2) is 42.9 Å². The maximum Gasteiger partial charge on any atom is 0.256 e. The van der Waals surface area contributed by atoms with E-state index in [0.29, 0.717) is 35.1 Å². The molecule has 2 fully saturated rings. The second kappa shape index (κ2) is 8.49. The van der Waals surface area contributed by atoms with Gasteiger partial charge in [0.05, 0.1) is 11.9 Å². The third-order valence-electron chi connectivity index (χ3n) is 6.20. The van der Waals surface area contributed by atoms with Crippen LogP contribution in [0.3, 0.4) is 0 Å². The molecule has 6 nitrogen and oxygen atoms in total. The first kappa shape index (κ1) is 22.5. The Morgan fingerprint density at radius 3 is 2.67 bits per heavy atom. The van der Waals surface area contributed by atoms with Crippen molar-refractivity contribution in [1.82, 2.24) is 24.3 Å². The van der Waals surface area contributed by atoms with Crippen LogP contribution in [0.2, 0.25) is 0 Å². The molecule has 0 bridgehead atoms. The van der Waals surface area contributed by atoms with Crippen molar-refractivity contribution < 1.29 is 9.18 Å². The zero-order valence-corrected chi connectivity index (χ0v) is 18.4. The van der Waals surface area contributed by atoms with Gasteiger partial charge in [-0.1, -0.05) is 12.1 Å². The van der Waals surface area contributed by atoms with Crippen molar-refractivity contribution in [2.45, 2.75) is 6.04 Å². The number of aromatic nitrogens is 3. The van der Waals surface area contributed by atoms with Crippen LogP contribution < -0.4 is 0 Å². The van der Waals surface area contributed by atoms with E-state index in [4.69, 9.17) is 0 Å². The number of hydrogen-bond donors (Lipinski definition) is 0. The minimum atomic E-state index is -0.213. The van der Waals surface area contributed by atoms with Crippen LogP contribution in [0.4, 0.5) is 4.39 Å². The molecule has 9 heteroatoms. The highest BCUT2D eigenvalue weighted by atomic mass is 35.5. The topological polar surface area (TPSA) is 54.3 Å². The Balaban J connectivity index is 0.00000128. The summed E-state index contributed by atoms with van der Waals surface area (Å²) < 4.78 is 15.6. The Hall–Kier alpha value is -2.22. The van der Waals surface area contributed by atoms with E-state index >= 15 is 0 Å². The number of benzene rings is 1. The van der Waals surface area contributed by atoms with Crippen molar-refractivity contribution in [3.63, 3.8) is 0 Å². The number of pyridine rings is 1. The summed E-state index contributed by atoms with van der Waals surface area (Å²) in [5.74, 6) is 0.482. The van der Waals surface area contributed by atoms with Gasteiger partial charge in [-0.25, -0.2) is 14.4 Å². The minimum absolute atomic E-state index is 0. The molecule has 0 unspecified atom stereocenters. The van der Waals surface area contributed by atoms with Crippen molar-refractivity contribution >= 4 is 41.9 Å². The van der Waals surface area contributed by atoms with Gasteiger partial charge in [-0.3, -0.25) is 9.69 Å². The molecule has 2 saturated heterocycles. The minimum Gasteiger partial charge on any atom is -0.338 e. The van der Waals surface area contributed by atoms with Gasteiger partial charge in [0.25, 0.3) is 5.91 Å². The number of imidazole rings is 1. The summed E-state index contributed by atoms with van der Waals surface area (Å²) in [7, 11) is 3.95. The normalized spacial score (nSPS) is 23.2. The van der Waals surface area contributed by atoms with Crippen LogP contribution in [0.25, 0.3) is 11.2 Å². The zero-order chi connectivity index (χ0) is 19.4. The first-order valence-electron chi connectivity index (χ1n) is 9.54. The predicted molar refractivity (Wildman–Crippen MR) is 118 cm³/mol. The molecule has 0 aliphatic carbocycles. The molecule has 1 aromatic carbocycles. The number of carbonyl (C=O) groups is 1. The lowest BCUT2D eigenvalue weighted by atomic mass is 9.89. The highest BCUT2D eigenvalue weighted by molar-refractivity contribution is 6.04. The summed E-state index contributed by atoms with van der Waals surface area (Å²) in [5.41, 5.74) is 2.94. The second-order valence-electron chi connectivity index (χ2n) is 7.96. The van der Waals surface area contributed by atoms with Crippen LogP contribution in [-0.2, 0) is 7.05 Å². The van der Waals surface area contributed by atoms with Crippen molar-refractivity contribution in [2.24, 2.45) is 18.9 Å². The third kappa shape index (κ3) is 3.55. The first-order chi connectivity index (χ1) is 13.5. The zero-order valence-electron chi connectivity index (χ0n) is 16.7. The molecule has 30 heavy (non-hydrogen) atoms. The molecule has 3 atom stereocenters. The number of halogens is 3. The van der Waals surface area contributed by atoms with Crippen molar-refractivity contribution in [1.29, 1.82) is 0 Å². The fourth-order valence-electron chi connectivity index (χ4n) is 4.99. The van der Waals surface area contributed by atoms with E-state index in [1.54, 1.807) is 30.7 Å². The number of fused-ring (bicyclic) bond motifs is 2. The molecule has 160 valence electrons. The average molecular weight is 452 g/mol. The molecule has 0 N–H and O–H groups in total. The molecule has 5 rings (SSSR count).